The Hall–Kier alpha value is -3.19. The molecule has 7 nitrogen and oxygen atoms in total. The zero-order valence-corrected chi connectivity index (χ0v) is 14.9. The van der Waals surface area contributed by atoms with E-state index in [4.69, 9.17) is 21.1 Å². The minimum Gasteiger partial charge on any atom is -0.490 e. The Kier molecular flexibility index (Phi) is 4.16. The van der Waals surface area contributed by atoms with Crippen LogP contribution >= 0.6 is 11.6 Å². The van der Waals surface area contributed by atoms with Crippen molar-refractivity contribution in [1.82, 2.24) is 0 Å². The Labute approximate surface area is 159 Å². The molecule has 0 amide bonds. The van der Waals surface area contributed by atoms with Crippen molar-refractivity contribution in [3.63, 3.8) is 0 Å². The molecule has 4 rings (SSSR count). The maximum Gasteiger partial charge on any atom is 0.363 e. The third kappa shape index (κ3) is 3.29. The number of aliphatic imine (C=N–C) groups is 1. The number of esters is 1. The van der Waals surface area contributed by atoms with Crippen molar-refractivity contribution >= 4 is 35.2 Å². The summed E-state index contributed by atoms with van der Waals surface area (Å²) in [7, 11) is 0. The maximum atomic E-state index is 12.1. The molecule has 0 saturated heterocycles. The van der Waals surface area contributed by atoms with Gasteiger partial charge in [0.2, 0.25) is 5.90 Å². The summed E-state index contributed by atoms with van der Waals surface area (Å²) in [4.78, 5) is 26.7. The van der Waals surface area contributed by atoms with Gasteiger partial charge >= 0.3 is 5.97 Å². The maximum absolute atomic E-state index is 12.1. The number of fused-ring (bicyclic) bond motifs is 1. The number of hydrogen-bond acceptors (Lipinski definition) is 6. The number of nitro groups is 1. The fourth-order valence-corrected chi connectivity index (χ4v) is 3.19. The van der Waals surface area contributed by atoms with E-state index >= 15 is 0 Å². The summed E-state index contributed by atoms with van der Waals surface area (Å²) >= 11 is 5.81. The fourth-order valence-electron chi connectivity index (χ4n) is 3.01. The van der Waals surface area contributed by atoms with Gasteiger partial charge in [-0.05, 0) is 48.4 Å². The first-order valence-corrected chi connectivity index (χ1v) is 8.55. The summed E-state index contributed by atoms with van der Waals surface area (Å²) < 4.78 is 10.8. The molecule has 0 N–H and O–H groups in total. The Morgan fingerprint density at radius 2 is 2.11 bits per heavy atom. The van der Waals surface area contributed by atoms with Gasteiger partial charge in [0.1, 0.15) is 16.9 Å². The molecule has 2 aliphatic heterocycles. The van der Waals surface area contributed by atoms with Crippen LogP contribution in [0.4, 0.5) is 5.69 Å². The average molecular weight is 385 g/mol. The van der Waals surface area contributed by atoms with E-state index < -0.39 is 10.9 Å². The van der Waals surface area contributed by atoms with Gasteiger partial charge < -0.3 is 9.47 Å². The van der Waals surface area contributed by atoms with Crippen LogP contribution in [0.15, 0.2) is 47.1 Å². The molecule has 2 heterocycles. The molecule has 2 aromatic rings. The van der Waals surface area contributed by atoms with Gasteiger partial charge in [0, 0.05) is 18.1 Å². The van der Waals surface area contributed by atoms with E-state index in [1.54, 1.807) is 6.08 Å². The van der Waals surface area contributed by atoms with Gasteiger partial charge in [0.15, 0.2) is 5.70 Å². The van der Waals surface area contributed by atoms with Crippen LogP contribution in [0.5, 0.6) is 5.75 Å². The number of hydrogen-bond donors (Lipinski definition) is 0. The Balaban J connectivity index is 1.66. The van der Waals surface area contributed by atoms with Gasteiger partial charge in [-0.15, -0.1) is 0 Å². The summed E-state index contributed by atoms with van der Waals surface area (Å²) in [5.74, 6) is 0.230. The van der Waals surface area contributed by atoms with Gasteiger partial charge in [0.05, 0.1) is 4.92 Å². The van der Waals surface area contributed by atoms with Crippen LogP contribution in [0.3, 0.4) is 0 Å². The molecule has 0 spiro atoms. The molecule has 0 saturated carbocycles. The highest BCUT2D eigenvalue weighted by molar-refractivity contribution is 6.32. The average Bonchev–Trinajstić information content (AvgIpc) is 3.16. The monoisotopic (exact) mass is 384 g/mol. The quantitative estimate of drug-likeness (QED) is 0.346. The minimum atomic E-state index is -0.618. The number of ether oxygens (including phenoxy) is 2. The molecule has 0 unspecified atom stereocenters. The van der Waals surface area contributed by atoms with Crippen LogP contribution in [-0.4, -0.2) is 22.9 Å². The standard InChI is InChI=1S/C19H13ClN2O5/c1-10-6-13-7-11(2-5-17(13)26-10)8-15-19(23)27-18(21-15)12-3-4-14(20)16(9-12)22(24)25/h2-5,7-10H,6H2,1H3/b15-8+/t10-/m1/s1. The highest BCUT2D eigenvalue weighted by Gasteiger charge is 2.26. The van der Waals surface area contributed by atoms with Gasteiger partial charge in [-0.25, -0.2) is 9.79 Å². The van der Waals surface area contributed by atoms with Crippen LogP contribution in [0.25, 0.3) is 6.08 Å². The minimum absolute atomic E-state index is 0.000901. The first-order valence-electron chi connectivity index (χ1n) is 8.17. The van der Waals surface area contributed by atoms with Crippen molar-refractivity contribution in [2.75, 3.05) is 0 Å². The Bertz CT molecular complexity index is 1040. The van der Waals surface area contributed by atoms with Gasteiger partial charge in [-0.1, -0.05) is 17.7 Å². The largest absolute Gasteiger partial charge is 0.490 e. The number of nitrogens with zero attached hydrogens (tertiary/aromatic N) is 2. The predicted octanol–water partition coefficient (Wildman–Crippen LogP) is 3.92. The van der Waals surface area contributed by atoms with Crippen molar-refractivity contribution in [2.24, 2.45) is 4.99 Å². The van der Waals surface area contributed by atoms with Crippen LogP contribution in [0.2, 0.25) is 5.02 Å². The third-order valence-electron chi connectivity index (χ3n) is 4.23. The molecule has 0 aliphatic carbocycles. The Morgan fingerprint density at radius 1 is 1.30 bits per heavy atom. The normalized spacial score (nSPS) is 19.5. The van der Waals surface area contributed by atoms with E-state index in [2.05, 4.69) is 4.99 Å². The number of rotatable bonds is 3. The lowest BCUT2D eigenvalue weighted by atomic mass is 10.1. The number of benzene rings is 2. The molecule has 1 atom stereocenters. The van der Waals surface area contributed by atoms with E-state index in [1.807, 2.05) is 25.1 Å². The number of carbonyl (C=O) groups excluding carboxylic acids is 1. The number of carbonyl (C=O) groups is 1. The highest BCUT2D eigenvalue weighted by Crippen LogP contribution is 2.31. The van der Waals surface area contributed by atoms with Crippen LogP contribution in [0, 0.1) is 10.1 Å². The molecule has 2 aliphatic rings. The first kappa shape index (κ1) is 17.2. The molecule has 0 fully saturated rings. The lowest BCUT2D eigenvalue weighted by Gasteiger charge is -2.02. The smallest absolute Gasteiger partial charge is 0.363 e. The summed E-state index contributed by atoms with van der Waals surface area (Å²) in [6.45, 7) is 1.99. The van der Waals surface area contributed by atoms with Crippen molar-refractivity contribution in [2.45, 2.75) is 19.4 Å². The molecular formula is C19H13ClN2O5. The SMILES string of the molecule is C[C@@H]1Cc2cc(/C=C3/N=C(c4ccc(Cl)c([N+](=O)[O-])c4)OC3=O)ccc2O1. The molecule has 136 valence electrons. The highest BCUT2D eigenvalue weighted by atomic mass is 35.5. The van der Waals surface area contributed by atoms with E-state index in [9.17, 15) is 14.9 Å². The van der Waals surface area contributed by atoms with Crippen LogP contribution < -0.4 is 4.74 Å². The van der Waals surface area contributed by atoms with Crippen LogP contribution in [0.1, 0.15) is 23.6 Å². The molecular weight excluding hydrogens is 372 g/mol. The number of halogens is 1. The number of nitro benzene ring substituents is 1. The topological polar surface area (TPSA) is 91.0 Å². The van der Waals surface area contributed by atoms with E-state index in [-0.39, 0.29) is 28.4 Å². The van der Waals surface area contributed by atoms with E-state index in [0.717, 1.165) is 23.3 Å². The predicted molar refractivity (Wildman–Crippen MR) is 98.9 cm³/mol. The van der Waals surface area contributed by atoms with Gasteiger partial charge in [-0.2, -0.15) is 0 Å². The van der Waals surface area contributed by atoms with E-state index in [0.29, 0.717) is 5.56 Å². The zero-order valence-electron chi connectivity index (χ0n) is 14.1. The van der Waals surface area contributed by atoms with Crippen molar-refractivity contribution < 1.29 is 19.2 Å². The molecule has 8 heteroatoms. The lowest BCUT2D eigenvalue weighted by molar-refractivity contribution is -0.384. The second-order valence-corrected chi connectivity index (χ2v) is 6.67. The molecule has 0 aromatic heterocycles. The second-order valence-electron chi connectivity index (χ2n) is 6.26. The summed E-state index contributed by atoms with van der Waals surface area (Å²) in [6.07, 6.45) is 2.55. The third-order valence-corrected chi connectivity index (χ3v) is 4.55. The zero-order chi connectivity index (χ0) is 19.1. The lowest BCUT2D eigenvalue weighted by Crippen LogP contribution is -2.06. The van der Waals surface area contributed by atoms with Gasteiger partial charge in [0.25, 0.3) is 5.69 Å². The summed E-state index contributed by atoms with van der Waals surface area (Å²) in [5, 5.41) is 11.0. The molecule has 27 heavy (non-hydrogen) atoms. The van der Waals surface area contributed by atoms with Crippen molar-refractivity contribution in [3.8, 4) is 5.75 Å². The first-order chi connectivity index (χ1) is 12.9. The van der Waals surface area contributed by atoms with Crippen LogP contribution in [-0.2, 0) is 16.0 Å². The Morgan fingerprint density at radius 3 is 2.89 bits per heavy atom. The molecule has 0 bridgehead atoms. The molecule has 2 aromatic carbocycles. The number of cyclic esters (lactones) is 1. The molecule has 0 radical (unpaired) electrons. The summed E-state index contributed by atoms with van der Waals surface area (Å²) in [6, 6.07) is 9.75. The summed E-state index contributed by atoms with van der Waals surface area (Å²) in [5.41, 5.74) is 2.01. The second kappa shape index (κ2) is 6.51. The van der Waals surface area contributed by atoms with Gasteiger partial charge in [-0.3, -0.25) is 10.1 Å². The van der Waals surface area contributed by atoms with E-state index in [1.165, 1.54) is 18.2 Å². The van der Waals surface area contributed by atoms with Crippen molar-refractivity contribution in [1.29, 1.82) is 0 Å². The van der Waals surface area contributed by atoms with Crippen molar-refractivity contribution in [3.05, 3.63) is 73.9 Å². The fraction of sp³-hybridized carbons (Fsp3) is 0.158.